The zero-order chi connectivity index (χ0) is 14.5. The number of rotatable bonds is 5. The van der Waals surface area contributed by atoms with E-state index in [2.05, 4.69) is 19.8 Å². The Morgan fingerprint density at radius 1 is 1.24 bits per heavy atom. The van der Waals surface area contributed by atoms with Gasteiger partial charge >= 0.3 is 0 Å². The fraction of sp³-hybridized carbons (Fsp3) is 0.750. The second-order valence-corrected chi connectivity index (χ2v) is 6.13. The number of nitrogens with zero attached hydrogens (tertiary/aromatic N) is 4. The summed E-state index contributed by atoms with van der Waals surface area (Å²) in [4.78, 5) is 13.6. The van der Waals surface area contributed by atoms with Crippen LogP contribution in [0.25, 0.3) is 0 Å². The Morgan fingerprint density at radius 3 is 2.90 bits per heavy atom. The van der Waals surface area contributed by atoms with Gasteiger partial charge in [-0.15, -0.1) is 0 Å². The van der Waals surface area contributed by atoms with Crippen molar-refractivity contribution >= 4 is 5.95 Å². The van der Waals surface area contributed by atoms with Crippen molar-refractivity contribution in [2.24, 2.45) is 0 Å². The highest BCUT2D eigenvalue weighted by molar-refractivity contribution is 5.32. The molecule has 0 aliphatic carbocycles. The maximum atomic E-state index is 6.05. The Labute approximate surface area is 127 Å². The summed E-state index contributed by atoms with van der Waals surface area (Å²) in [5, 5.41) is 0. The van der Waals surface area contributed by atoms with Crippen LogP contribution in [0.15, 0.2) is 12.3 Å². The molecule has 116 valence electrons. The average Bonchev–Trinajstić information content (AvgIpc) is 2.97. The van der Waals surface area contributed by atoms with E-state index in [-0.39, 0.29) is 0 Å². The summed E-state index contributed by atoms with van der Waals surface area (Å²) in [5.74, 6) is 0.845. The topological polar surface area (TPSA) is 41.5 Å². The van der Waals surface area contributed by atoms with Gasteiger partial charge < -0.3 is 14.5 Å². The number of ether oxygens (including phenoxy) is 1. The van der Waals surface area contributed by atoms with Gasteiger partial charge in [-0.2, -0.15) is 0 Å². The molecule has 0 saturated carbocycles. The number of likely N-dealkylation sites (tertiary alicyclic amines) is 1. The van der Waals surface area contributed by atoms with Gasteiger partial charge in [0, 0.05) is 31.5 Å². The quantitative estimate of drug-likeness (QED) is 0.828. The van der Waals surface area contributed by atoms with E-state index in [1.165, 1.54) is 32.4 Å². The van der Waals surface area contributed by atoms with Crippen molar-refractivity contribution in [2.75, 3.05) is 44.2 Å². The fourth-order valence-corrected chi connectivity index (χ4v) is 3.17. The number of hydrogen-bond acceptors (Lipinski definition) is 5. The van der Waals surface area contributed by atoms with Gasteiger partial charge in [0.25, 0.3) is 0 Å². The van der Waals surface area contributed by atoms with Gasteiger partial charge in [0.05, 0.1) is 12.7 Å². The molecule has 2 saturated heterocycles. The van der Waals surface area contributed by atoms with E-state index in [1.54, 1.807) is 0 Å². The lowest BCUT2D eigenvalue weighted by molar-refractivity contribution is 0.0466. The molecule has 1 aromatic rings. The average molecular weight is 290 g/mol. The summed E-state index contributed by atoms with van der Waals surface area (Å²) in [6.45, 7) is 8.36. The van der Waals surface area contributed by atoms with E-state index in [1.807, 2.05) is 19.2 Å². The molecule has 1 aromatic heterocycles. The highest BCUT2D eigenvalue weighted by Gasteiger charge is 2.25. The minimum absolute atomic E-state index is 0.332. The van der Waals surface area contributed by atoms with Crippen LogP contribution < -0.4 is 4.90 Å². The van der Waals surface area contributed by atoms with Gasteiger partial charge in [0.15, 0.2) is 0 Å². The fourth-order valence-electron chi connectivity index (χ4n) is 3.17. The molecule has 21 heavy (non-hydrogen) atoms. The van der Waals surface area contributed by atoms with Gasteiger partial charge in [0.1, 0.15) is 0 Å². The molecule has 0 N–H and O–H groups in total. The molecule has 5 heteroatoms. The molecule has 0 spiro atoms. The van der Waals surface area contributed by atoms with E-state index in [0.717, 1.165) is 44.3 Å². The Hall–Kier alpha value is -1.20. The second-order valence-electron chi connectivity index (χ2n) is 6.13. The van der Waals surface area contributed by atoms with Crippen LogP contribution in [0.2, 0.25) is 0 Å². The molecule has 0 bridgehead atoms. The van der Waals surface area contributed by atoms with Crippen LogP contribution in [0.3, 0.4) is 0 Å². The van der Waals surface area contributed by atoms with Gasteiger partial charge in [-0.25, -0.2) is 9.97 Å². The Kier molecular flexibility index (Phi) is 5.04. The van der Waals surface area contributed by atoms with Crippen LogP contribution in [0.5, 0.6) is 0 Å². The highest BCUT2D eigenvalue weighted by Crippen LogP contribution is 2.18. The van der Waals surface area contributed by atoms with Crippen LogP contribution in [0.1, 0.15) is 31.4 Å². The van der Waals surface area contributed by atoms with Crippen LogP contribution in [0, 0.1) is 6.92 Å². The third-order valence-electron chi connectivity index (χ3n) is 4.42. The Morgan fingerprint density at radius 2 is 2.10 bits per heavy atom. The summed E-state index contributed by atoms with van der Waals surface area (Å²) in [5.41, 5.74) is 1.02. The predicted octanol–water partition coefficient (Wildman–Crippen LogP) is 1.87. The normalized spacial score (nSPS) is 23.7. The molecule has 0 amide bonds. The van der Waals surface area contributed by atoms with Crippen molar-refractivity contribution in [2.45, 2.75) is 38.7 Å². The van der Waals surface area contributed by atoms with Crippen LogP contribution in [0.4, 0.5) is 5.95 Å². The van der Waals surface area contributed by atoms with E-state index >= 15 is 0 Å². The van der Waals surface area contributed by atoms with Gasteiger partial charge in [-0.3, -0.25) is 0 Å². The molecule has 0 aromatic carbocycles. The second kappa shape index (κ2) is 7.18. The molecule has 3 rings (SSSR count). The minimum Gasteiger partial charge on any atom is -0.375 e. The lowest BCUT2D eigenvalue weighted by atomic mass is 10.1. The first-order valence-corrected chi connectivity index (χ1v) is 8.20. The zero-order valence-electron chi connectivity index (χ0n) is 13.0. The van der Waals surface area contributed by atoms with Crippen molar-refractivity contribution in [3.63, 3.8) is 0 Å². The number of anilines is 1. The largest absolute Gasteiger partial charge is 0.375 e. The predicted molar refractivity (Wildman–Crippen MR) is 83.6 cm³/mol. The van der Waals surface area contributed by atoms with Crippen LogP contribution in [-0.4, -0.2) is 60.3 Å². The van der Waals surface area contributed by atoms with Crippen molar-refractivity contribution < 1.29 is 4.74 Å². The van der Waals surface area contributed by atoms with Crippen LogP contribution in [-0.2, 0) is 4.74 Å². The lowest BCUT2D eigenvalue weighted by Crippen LogP contribution is -2.34. The van der Waals surface area contributed by atoms with Gasteiger partial charge in [-0.05, 0) is 45.3 Å². The number of piperidine rings is 1. The molecule has 2 aliphatic heterocycles. The maximum absolute atomic E-state index is 6.05. The smallest absolute Gasteiger partial charge is 0.225 e. The standard InChI is InChI=1S/C16H26N4O/c1-14-5-7-17-16(18-14)20-10-6-15(13-20)21-12-11-19-8-3-2-4-9-19/h5,7,15H,2-4,6,8-13H2,1H3/t15-/m0/s1. The monoisotopic (exact) mass is 290 g/mol. The lowest BCUT2D eigenvalue weighted by Gasteiger charge is -2.26. The van der Waals surface area contributed by atoms with Crippen molar-refractivity contribution in [3.05, 3.63) is 18.0 Å². The molecule has 5 nitrogen and oxygen atoms in total. The molecule has 0 radical (unpaired) electrons. The first-order valence-electron chi connectivity index (χ1n) is 8.20. The summed E-state index contributed by atoms with van der Waals surface area (Å²) in [6.07, 6.45) is 7.34. The summed E-state index contributed by atoms with van der Waals surface area (Å²) >= 11 is 0. The summed E-state index contributed by atoms with van der Waals surface area (Å²) < 4.78 is 6.05. The van der Waals surface area contributed by atoms with E-state index < -0.39 is 0 Å². The van der Waals surface area contributed by atoms with Crippen molar-refractivity contribution in [1.82, 2.24) is 14.9 Å². The van der Waals surface area contributed by atoms with Gasteiger partial charge in [0.2, 0.25) is 5.95 Å². The highest BCUT2D eigenvalue weighted by atomic mass is 16.5. The van der Waals surface area contributed by atoms with Crippen molar-refractivity contribution in [1.29, 1.82) is 0 Å². The van der Waals surface area contributed by atoms with E-state index in [9.17, 15) is 0 Å². The zero-order valence-corrected chi connectivity index (χ0v) is 13.0. The Balaban J connectivity index is 1.40. The summed E-state index contributed by atoms with van der Waals surface area (Å²) in [7, 11) is 0. The first kappa shape index (κ1) is 14.7. The molecule has 0 unspecified atom stereocenters. The van der Waals surface area contributed by atoms with E-state index in [4.69, 9.17) is 4.74 Å². The van der Waals surface area contributed by atoms with E-state index in [0.29, 0.717) is 6.10 Å². The number of aromatic nitrogens is 2. The molecule has 2 fully saturated rings. The Bertz CT molecular complexity index is 448. The third-order valence-corrected chi connectivity index (χ3v) is 4.42. The van der Waals surface area contributed by atoms with Crippen LogP contribution >= 0.6 is 0 Å². The molecular formula is C16H26N4O. The number of hydrogen-bond donors (Lipinski definition) is 0. The molecular weight excluding hydrogens is 264 g/mol. The molecule has 3 heterocycles. The molecule has 1 atom stereocenters. The molecule has 2 aliphatic rings. The minimum atomic E-state index is 0.332. The third kappa shape index (κ3) is 4.14. The first-order chi connectivity index (χ1) is 10.3. The van der Waals surface area contributed by atoms with Gasteiger partial charge in [-0.1, -0.05) is 6.42 Å². The maximum Gasteiger partial charge on any atom is 0.225 e. The summed E-state index contributed by atoms with van der Waals surface area (Å²) in [6, 6.07) is 1.94. The van der Waals surface area contributed by atoms with Crippen molar-refractivity contribution in [3.8, 4) is 0 Å². The SMILES string of the molecule is Cc1ccnc(N2CC[C@H](OCCN3CCCCC3)C2)n1. The number of aryl methyl sites for hydroxylation is 1.